The zero-order chi connectivity index (χ0) is 25.4. The van der Waals surface area contributed by atoms with Gasteiger partial charge in [0.2, 0.25) is 0 Å². The number of rotatable bonds is 5. The third kappa shape index (κ3) is 4.21. The topological polar surface area (TPSA) is 119 Å². The minimum Gasteiger partial charge on any atom is -0.355 e. The Morgan fingerprint density at radius 3 is 2.59 bits per heavy atom. The lowest BCUT2D eigenvalue weighted by molar-refractivity contribution is 0.498. The minimum absolute atomic E-state index is 0.0135. The van der Waals surface area contributed by atoms with E-state index in [-0.39, 0.29) is 18.1 Å². The van der Waals surface area contributed by atoms with Crippen molar-refractivity contribution in [3.8, 4) is 6.07 Å². The molecule has 0 spiro atoms. The molecule has 0 unspecified atom stereocenters. The van der Waals surface area contributed by atoms with E-state index >= 15 is 0 Å². The first kappa shape index (κ1) is 22.9. The highest BCUT2D eigenvalue weighted by atomic mass is 16.1. The molecule has 0 bridgehead atoms. The molecule has 1 aliphatic heterocycles. The van der Waals surface area contributed by atoms with Crippen molar-refractivity contribution in [3.63, 3.8) is 0 Å². The molecule has 6 rings (SSSR count). The number of piperidine rings is 1. The average Bonchev–Trinajstić information content (AvgIpc) is 3.24. The molecule has 1 atom stereocenters. The molecule has 1 aliphatic rings. The van der Waals surface area contributed by atoms with Crippen LogP contribution < -0.4 is 16.2 Å². The van der Waals surface area contributed by atoms with Crippen LogP contribution in [-0.2, 0) is 13.1 Å². The van der Waals surface area contributed by atoms with Gasteiger partial charge in [0.15, 0.2) is 0 Å². The molecule has 0 saturated carbocycles. The van der Waals surface area contributed by atoms with Crippen LogP contribution in [0.25, 0.3) is 22.1 Å². The van der Waals surface area contributed by atoms with Crippen molar-refractivity contribution in [3.05, 3.63) is 94.3 Å². The van der Waals surface area contributed by atoms with Crippen molar-refractivity contribution in [2.24, 2.45) is 5.73 Å². The molecular formula is C28H26N8O. The summed E-state index contributed by atoms with van der Waals surface area (Å²) in [5.41, 5.74) is 10.6. The molecule has 184 valence electrons. The quantitative estimate of drug-likeness (QED) is 0.402. The maximum absolute atomic E-state index is 13.9. The number of aromatic nitrogens is 5. The van der Waals surface area contributed by atoms with E-state index in [1.807, 2.05) is 59.2 Å². The van der Waals surface area contributed by atoms with Crippen LogP contribution in [0.5, 0.6) is 0 Å². The molecule has 9 nitrogen and oxygen atoms in total. The van der Waals surface area contributed by atoms with Crippen molar-refractivity contribution in [2.45, 2.75) is 32.0 Å². The van der Waals surface area contributed by atoms with Gasteiger partial charge in [0.1, 0.15) is 28.5 Å². The Labute approximate surface area is 213 Å². The van der Waals surface area contributed by atoms with Crippen LogP contribution >= 0.6 is 0 Å². The minimum atomic E-state index is -0.222. The van der Waals surface area contributed by atoms with Gasteiger partial charge in [0.25, 0.3) is 5.56 Å². The van der Waals surface area contributed by atoms with Crippen LogP contribution in [0.2, 0.25) is 0 Å². The largest absolute Gasteiger partial charge is 0.355 e. The monoisotopic (exact) mass is 490 g/mol. The number of hydrogen-bond acceptors (Lipinski definition) is 7. The van der Waals surface area contributed by atoms with Gasteiger partial charge in [-0.3, -0.25) is 14.3 Å². The fourth-order valence-corrected chi connectivity index (χ4v) is 5.16. The zero-order valence-corrected chi connectivity index (χ0v) is 20.3. The summed E-state index contributed by atoms with van der Waals surface area (Å²) < 4.78 is 3.48. The van der Waals surface area contributed by atoms with Crippen molar-refractivity contribution < 1.29 is 0 Å². The highest BCUT2D eigenvalue weighted by Crippen LogP contribution is 2.32. The summed E-state index contributed by atoms with van der Waals surface area (Å²) >= 11 is 0. The number of anilines is 1. The molecule has 4 heterocycles. The molecular weight excluding hydrogens is 464 g/mol. The van der Waals surface area contributed by atoms with Gasteiger partial charge in [0.05, 0.1) is 35.8 Å². The van der Waals surface area contributed by atoms with E-state index in [1.165, 1.54) is 10.9 Å². The fraction of sp³-hybridized carbons (Fsp3) is 0.250. The molecule has 5 aromatic rings. The predicted molar refractivity (Wildman–Crippen MR) is 142 cm³/mol. The first-order valence-electron chi connectivity index (χ1n) is 12.4. The Morgan fingerprint density at radius 1 is 1.03 bits per heavy atom. The number of nitrogens with two attached hydrogens (primary N) is 1. The SMILES string of the molecule is N#Cc1c(N2CCC[C@H](N)C2)n(Cc2ccccc2)c2c(=O)n(Cc3cnc4ccccc4n3)cnc12. The Kier molecular flexibility index (Phi) is 5.87. The maximum atomic E-state index is 13.9. The van der Waals surface area contributed by atoms with E-state index in [0.717, 1.165) is 36.0 Å². The average molecular weight is 491 g/mol. The molecule has 2 N–H and O–H groups in total. The summed E-state index contributed by atoms with van der Waals surface area (Å²) in [6, 6.07) is 19.9. The van der Waals surface area contributed by atoms with E-state index in [2.05, 4.69) is 25.9 Å². The molecule has 2 aromatic carbocycles. The van der Waals surface area contributed by atoms with E-state index < -0.39 is 0 Å². The Bertz CT molecular complexity index is 1700. The lowest BCUT2D eigenvalue weighted by atomic mass is 10.1. The summed E-state index contributed by atoms with van der Waals surface area (Å²) in [7, 11) is 0. The number of nitrogens with zero attached hydrogens (tertiary/aromatic N) is 7. The van der Waals surface area contributed by atoms with Gasteiger partial charge >= 0.3 is 0 Å². The maximum Gasteiger partial charge on any atom is 0.278 e. The molecule has 0 radical (unpaired) electrons. The van der Waals surface area contributed by atoms with Crippen molar-refractivity contribution in [1.29, 1.82) is 5.26 Å². The van der Waals surface area contributed by atoms with Gasteiger partial charge in [-0.2, -0.15) is 5.26 Å². The number of fused-ring (bicyclic) bond motifs is 2. The fourth-order valence-electron chi connectivity index (χ4n) is 5.16. The third-order valence-corrected chi connectivity index (χ3v) is 6.88. The molecule has 0 amide bonds. The molecule has 1 fully saturated rings. The zero-order valence-electron chi connectivity index (χ0n) is 20.3. The summed E-state index contributed by atoms with van der Waals surface area (Å²) in [4.78, 5) is 29.8. The Hall–Kier alpha value is -4.55. The number of hydrogen-bond donors (Lipinski definition) is 1. The summed E-state index contributed by atoms with van der Waals surface area (Å²) in [5, 5.41) is 10.2. The van der Waals surface area contributed by atoms with Crippen LogP contribution in [0, 0.1) is 11.3 Å². The molecule has 1 saturated heterocycles. The molecule has 9 heteroatoms. The summed E-state index contributed by atoms with van der Waals surface area (Å²) in [6.07, 6.45) is 5.05. The van der Waals surface area contributed by atoms with E-state index in [9.17, 15) is 10.1 Å². The number of nitriles is 1. The van der Waals surface area contributed by atoms with Crippen LogP contribution in [0.4, 0.5) is 5.82 Å². The third-order valence-electron chi connectivity index (χ3n) is 6.88. The van der Waals surface area contributed by atoms with Gasteiger partial charge in [-0.05, 0) is 30.5 Å². The predicted octanol–water partition coefficient (Wildman–Crippen LogP) is 3.04. The normalized spacial score (nSPS) is 15.8. The van der Waals surface area contributed by atoms with E-state index in [1.54, 1.807) is 6.20 Å². The van der Waals surface area contributed by atoms with E-state index in [0.29, 0.717) is 41.2 Å². The van der Waals surface area contributed by atoms with Crippen molar-refractivity contribution >= 4 is 27.9 Å². The molecule has 3 aromatic heterocycles. The second kappa shape index (κ2) is 9.48. The van der Waals surface area contributed by atoms with Crippen LogP contribution in [0.15, 0.2) is 71.9 Å². The standard InChI is InChI=1S/C28H26N8O/c29-13-22-25-26(28(37)35(18-32-25)17-21-14-31-23-10-4-5-11-24(23)33-21)36(15-19-7-2-1-3-8-19)27(22)34-12-6-9-20(30)16-34/h1-5,7-8,10-11,14,18,20H,6,9,12,15-17,30H2/t20-/m0/s1. The molecule has 37 heavy (non-hydrogen) atoms. The van der Waals surface area contributed by atoms with Crippen molar-refractivity contribution in [1.82, 2.24) is 24.1 Å². The Balaban J connectivity index is 1.51. The Morgan fingerprint density at radius 2 is 1.81 bits per heavy atom. The van der Waals surface area contributed by atoms with Gasteiger partial charge in [-0.15, -0.1) is 0 Å². The first-order valence-corrected chi connectivity index (χ1v) is 12.4. The van der Waals surface area contributed by atoms with Gasteiger partial charge < -0.3 is 15.2 Å². The smallest absolute Gasteiger partial charge is 0.278 e. The van der Waals surface area contributed by atoms with Crippen LogP contribution in [0.3, 0.4) is 0 Å². The summed E-state index contributed by atoms with van der Waals surface area (Å²) in [6.45, 7) is 2.06. The summed E-state index contributed by atoms with van der Waals surface area (Å²) in [5.74, 6) is 0.712. The van der Waals surface area contributed by atoms with Gasteiger partial charge in [-0.1, -0.05) is 42.5 Å². The first-order chi connectivity index (χ1) is 18.1. The van der Waals surface area contributed by atoms with Gasteiger partial charge in [0, 0.05) is 25.7 Å². The van der Waals surface area contributed by atoms with Crippen molar-refractivity contribution in [2.75, 3.05) is 18.0 Å². The lowest BCUT2D eigenvalue weighted by Crippen LogP contribution is -2.44. The number of para-hydroxylation sites is 2. The van der Waals surface area contributed by atoms with Crippen LogP contribution in [-0.4, -0.2) is 43.2 Å². The van der Waals surface area contributed by atoms with Gasteiger partial charge in [-0.25, -0.2) is 9.97 Å². The highest BCUT2D eigenvalue weighted by Gasteiger charge is 2.28. The second-order valence-corrected chi connectivity index (χ2v) is 9.46. The lowest BCUT2D eigenvalue weighted by Gasteiger charge is -2.33. The molecule has 0 aliphatic carbocycles. The second-order valence-electron chi connectivity index (χ2n) is 9.46. The number of benzene rings is 2. The van der Waals surface area contributed by atoms with Crippen LogP contribution in [0.1, 0.15) is 29.7 Å². The van der Waals surface area contributed by atoms with E-state index in [4.69, 9.17) is 5.73 Å². The highest BCUT2D eigenvalue weighted by molar-refractivity contribution is 5.89.